The van der Waals surface area contributed by atoms with E-state index >= 15 is 8.78 Å². The molecule has 0 atom stereocenters. The van der Waals surface area contributed by atoms with Crippen LogP contribution in [0.25, 0.3) is 0 Å². The number of hydrogen-bond donors (Lipinski definition) is 0. The average Bonchev–Trinajstić information content (AvgIpc) is 3.31. The van der Waals surface area contributed by atoms with Crippen molar-refractivity contribution in [3.63, 3.8) is 0 Å². The summed E-state index contributed by atoms with van der Waals surface area (Å²) in [5.74, 6) is -42.9. The van der Waals surface area contributed by atoms with Crippen LogP contribution >= 0.6 is 0 Å². The number of hydrogen-bond acceptors (Lipinski definition) is 2. The molecule has 0 amide bonds. The van der Waals surface area contributed by atoms with E-state index in [-0.39, 0.29) is 4.90 Å². The lowest BCUT2D eigenvalue weighted by Gasteiger charge is -2.22. The molecule has 0 aliphatic carbocycles. The molecule has 3 nitrogen and oxygen atoms in total. The maximum absolute atomic E-state index is 15.1. The van der Waals surface area contributed by atoms with Gasteiger partial charge in [0, 0.05) is 11.1 Å². The molecule has 0 saturated carbocycles. The van der Waals surface area contributed by atoms with Crippen LogP contribution in [0.3, 0.4) is 0 Å². The van der Waals surface area contributed by atoms with Gasteiger partial charge in [-0.15, -0.1) is 0 Å². The molecule has 0 saturated heterocycles. The van der Waals surface area contributed by atoms with Crippen LogP contribution < -0.4 is 4.90 Å². The molecule has 4 aromatic rings. The lowest BCUT2D eigenvalue weighted by atomic mass is 10.1. The summed E-state index contributed by atoms with van der Waals surface area (Å²) in [6, 6.07) is 3.65. The van der Waals surface area contributed by atoms with Gasteiger partial charge in [-0.2, -0.15) is 0 Å². The van der Waals surface area contributed by atoms with Crippen LogP contribution in [0.2, 0.25) is 0 Å². The smallest absolute Gasteiger partial charge is 0.200 e. The van der Waals surface area contributed by atoms with Crippen LogP contribution in [0.15, 0.2) is 34.3 Å². The summed E-state index contributed by atoms with van der Waals surface area (Å²) in [6.07, 6.45) is 0. The fraction of sp³-hybridized carbons (Fsp3) is 0. The quantitative estimate of drug-likeness (QED) is 0.125. The monoisotopic (exact) mass is 643 g/mol. The first-order valence-corrected chi connectivity index (χ1v) is 11.2. The van der Waals surface area contributed by atoms with Crippen LogP contribution in [0.4, 0.5) is 82.9 Å². The van der Waals surface area contributed by atoms with Crippen LogP contribution in [0, 0.1) is 87.3 Å². The predicted octanol–water partition coefficient (Wildman–Crippen LogP) is 8.45. The molecule has 0 fully saturated rings. The molecular formula is C26H4F15N3. The Morgan fingerprint density at radius 3 is 0.886 bits per heavy atom. The highest BCUT2D eigenvalue weighted by Gasteiger charge is 2.41. The Bertz CT molecular complexity index is 1790. The second-order valence-corrected chi connectivity index (χ2v) is 8.51. The summed E-state index contributed by atoms with van der Waals surface area (Å²) in [6.45, 7) is 0. The SMILES string of the molecule is Fc1c(F)c(F)c(N=C2c3ccccc3C(=Nc3c(F)c(F)c(F)c(F)c3F)N2c2c(F)c(F)c(F)c(F)c2F)c(F)c1F. The predicted molar refractivity (Wildman–Crippen MR) is 120 cm³/mol. The van der Waals surface area contributed by atoms with Crippen molar-refractivity contribution in [2.45, 2.75) is 0 Å². The molecule has 228 valence electrons. The van der Waals surface area contributed by atoms with Crippen LogP contribution in [0.1, 0.15) is 11.1 Å². The van der Waals surface area contributed by atoms with Crippen molar-refractivity contribution in [1.29, 1.82) is 0 Å². The van der Waals surface area contributed by atoms with Gasteiger partial charge in [-0.3, -0.25) is 4.90 Å². The van der Waals surface area contributed by atoms with E-state index in [0.717, 1.165) is 24.3 Å². The highest BCUT2D eigenvalue weighted by molar-refractivity contribution is 6.38. The zero-order valence-electron chi connectivity index (χ0n) is 20.3. The van der Waals surface area contributed by atoms with Crippen LogP contribution in [-0.4, -0.2) is 11.7 Å². The fourth-order valence-corrected chi connectivity index (χ4v) is 4.03. The Morgan fingerprint density at radius 2 is 0.591 bits per heavy atom. The second-order valence-electron chi connectivity index (χ2n) is 8.51. The van der Waals surface area contributed by atoms with Crippen molar-refractivity contribution in [2.24, 2.45) is 9.98 Å². The molecular weight excluding hydrogens is 639 g/mol. The summed E-state index contributed by atoms with van der Waals surface area (Å²) in [5, 5.41) is 0. The third-order valence-corrected chi connectivity index (χ3v) is 6.05. The summed E-state index contributed by atoms with van der Waals surface area (Å²) >= 11 is 0. The van der Waals surface area contributed by atoms with E-state index in [1.807, 2.05) is 0 Å². The standard InChI is InChI=1S/C26H4F15N3/c27-7-10(30)16(36)22(17(37)11(7)31)42-25-5-3-1-2-4-6(5)26(43-23-18(38)12(32)8(28)13(33)19(23)39)44(25)24-20(40)14(34)9(29)15(35)21(24)41/h1-4H. The van der Waals surface area contributed by atoms with Gasteiger partial charge in [-0.25, -0.2) is 75.8 Å². The number of rotatable bonds is 3. The van der Waals surface area contributed by atoms with Gasteiger partial charge >= 0.3 is 0 Å². The lowest BCUT2D eigenvalue weighted by molar-refractivity contribution is 0.380. The molecule has 0 aromatic heterocycles. The van der Waals surface area contributed by atoms with Gasteiger partial charge in [0.15, 0.2) is 69.8 Å². The van der Waals surface area contributed by atoms with Crippen LogP contribution in [0.5, 0.6) is 0 Å². The van der Waals surface area contributed by atoms with E-state index in [0.29, 0.717) is 0 Å². The Kier molecular flexibility index (Phi) is 7.33. The van der Waals surface area contributed by atoms with Crippen molar-refractivity contribution in [1.82, 2.24) is 0 Å². The third kappa shape index (κ3) is 4.26. The van der Waals surface area contributed by atoms with E-state index in [4.69, 9.17) is 0 Å². The number of aliphatic imine (C=N–C) groups is 2. The topological polar surface area (TPSA) is 28.0 Å². The molecule has 1 aliphatic heterocycles. The van der Waals surface area contributed by atoms with Crippen molar-refractivity contribution < 1.29 is 65.9 Å². The Labute approximate surface area is 232 Å². The number of anilines is 1. The molecule has 5 rings (SSSR count). The van der Waals surface area contributed by atoms with Crippen LogP contribution in [-0.2, 0) is 0 Å². The zero-order chi connectivity index (χ0) is 32.5. The largest absolute Gasteiger partial charge is 0.272 e. The Morgan fingerprint density at radius 1 is 0.341 bits per heavy atom. The number of halogens is 15. The normalized spacial score (nSPS) is 14.8. The van der Waals surface area contributed by atoms with E-state index in [1.165, 1.54) is 0 Å². The van der Waals surface area contributed by atoms with E-state index < -0.39 is 127 Å². The summed E-state index contributed by atoms with van der Waals surface area (Å²) in [4.78, 5) is 5.97. The highest BCUT2D eigenvalue weighted by atomic mass is 19.2. The highest BCUT2D eigenvalue weighted by Crippen LogP contribution is 2.40. The van der Waals surface area contributed by atoms with Crippen molar-refractivity contribution in [3.05, 3.63) is 123 Å². The first kappa shape index (κ1) is 30.4. The average molecular weight is 643 g/mol. The van der Waals surface area contributed by atoms with Gasteiger partial charge in [-0.05, 0) is 0 Å². The molecule has 18 heteroatoms. The van der Waals surface area contributed by atoms with Crippen molar-refractivity contribution in [3.8, 4) is 0 Å². The summed E-state index contributed by atoms with van der Waals surface area (Å²) in [5.41, 5.74) is -7.79. The molecule has 0 N–H and O–H groups in total. The Hall–Kier alpha value is -5.03. The molecule has 1 heterocycles. The molecule has 0 spiro atoms. The molecule has 4 aromatic carbocycles. The van der Waals surface area contributed by atoms with Crippen molar-refractivity contribution >= 4 is 28.7 Å². The zero-order valence-corrected chi connectivity index (χ0v) is 20.3. The van der Waals surface area contributed by atoms with E-state index in [2.05, 4.69) is 9.98 Å². The lowest BCUT2D eigenvalue weighted by Crippen LogP contribution is -2.33. The number of benzene rings is 4. The minimum absolute atomic E-state index is 0.364. The fourth-order valence-electron chi connectivity index (χ4n) is 4.03. The Balaban J connectivity index is 1.97. The molecule has 0 bridgehead atoms. The summed E-state index contributed by atoms with van der Waals surface area (Å²) < 4.78 is 214. The first-order valence-electron chi connectivity index (χ1n) is 11.2. The van der Waals surface area contributed by atoms with Gasteiger partial charge in [-0.1, -0.05) is 24.3 Å². The maximum atomic E-state index is 15.1. The number of amidine groups is 2. The maximum Gasteiger partial charge on any atom is 0.200 e. The molecule has 0 unspecified atom stereocenters. The van der Waals surface area contributed by atoms with Gasteiger partial charge in [0.1, 0.15) is 28.7 Å². The van der Waals surface area contributed by atoms with Crippen molar-refractivity contribution in [2.75, 3.05) is 4.90 Å². The first-order chi connectivity index (χ1) is 20.6. The number of nitrogens with zero attached hydrogens (tertiary/aromatic N) is 3. The molecule has 1 aliphatic rings. The third-order valence-electron chi connectivity index (χ3n) is 6.05. The second kappa shape index (κ2) is 10.6. The van der Waals surface area contributed by atoms with Gasteiger partial charge < -0.3 is 0 Å². The molecule has 0 radical (unpaired) electrons. The van der Waals surface area contributed by atoms with E-state index in [9.17, 15) is 57.1 Å². The minimum atomic E-state index is -2.76. The minimum Gasteiger partial charge on any atom is -0.272 e. The number of fused-ring (bicyclic) bond motifs is 1. The van der Waals surface area contributed by atoms with E-state index in [1.54, 1.807) is 0 Å². The summed E-state index contributed by atoms with van der Waals surface area (Å²) in [7, 11) is 0. The van der Waals surface area contributed by atoms with Gasteiger partial charge in [0.05, 0.1) is 0 Å². The molecule has 44 heavy (non-hydrogen) atoms. The van der Waals surface area contributed by atoms with Gasteiger partial charge in [0.25, 0.3) is 0 Å². The van der Waals surface area contributed by atoms with Gasteiger partial charge in [0.2, 0.25) is 17.5 Å².